The standard InChI is InChI=1S/C17H17ClN2O4S/c18-16-9-12(20(22)23)5-6-15(16)17(21)19(10-13-3-1-7-24-13)11-14-4-2-8-25-14/h2,4-6,8-9,13H,1,3,7,10-11H2/t13-/m1/s1. The average molecular weight is 381 g/mol. The quantitative estimate of drug-likeness (QED) is 0.558. The summed E-state index contributed by atoms with van der Waals surface area (Å²) in [6, 6.07) is 7.84. The zero-order valence-electron chi connectivity index (χ0n) is 13.4. The highest BCUT2D eigenvalue weighted by molar-refractivity contribution is 7.09. The first kappa shape index (κ1) is 17.8. The van der Waals surface area contributed by atoms with Gasteiger partial charge in [0.2, 0.25) is 0 Å². The molecule has 1 aromatic heterocycles. The van der Waals surface area contributed by atoms with Crippen LogP contribution in [0.5, 0.6) is 0 Å². The van der Waals surface area contributed by atoms with E-state index in [0.29, 0.717) is 19.7 Å². The van der Waals surface area contributed by atoms with E-state index in [1.165, 1.54) is 18.2 Å². The SMILES string of the molecule is O=C(c1ccc([N+](=O)[O-])cc1Cl)N(Cc1cccs1)C[C@H]1CCCO1. The number of amides is 1. The fraction of sp³-hybridized carbons (Fsp3) is 0.353. The highest BCUT2D eigenvalue weighted by Gasteiger charge is 2.26. The van der Waals surface area contributed by atoms with E-state index in [1.54, 1.807) is 16.2 Å². The second-order valence-corrected chi connectivity index (χ2v) is 7.26. The van der Waals surface area contributed by atoms with Gasteiger partial charge in [-0.25, -0.2) is 0 Å². The van der Waals surface area contributed by atoms with Gasteiger partial charge in [-0.2, -0.15) is 0 Å². The van der Waals surface area contributed by atoms with Crippen LogP contribution in [0.3, 0.4) is 0 Å². The second-order valence-electron chi connectivity index (χ2n) is 5.82. The van der Waals surface area contributed by atoms with Crippen LogP contribution in [-0.4, -0.2) is 35.0 Å². The Morgan fingerprint density at radius 1 is 1.44 bits per heavy atom. The molecule has 2 aromatic rings. The van der Waals surface area contributed by atoms with Crippen LogP contribution in [-0.2, 0) is 11.3 Å². The molecule has 2 heterocycles. The molecule has 0 aliphatic carbocycles. The molecule has 8 heteroatoms. The van der Waals surface area contributed by atoms with E-state index >= 15 is 0 Å². The molecule has 1 aliphatic rings. The lowest BCUT2D eigenvalue weighted by atomic mass is 10.1. The van der Waals surface area contributed by atoms with Crippen molar-refractivity contribution in [3.05, 3.63) is 61.3 Å². The van der Waals surface area contributed by atoms with E-state index in [-0.39, 0.29) is 28.3 Å². The molecule has 25 heavy (non-hydrogen) atoms. The van der Waals surface area contributed by atoms with Gasteiger partial charge in [0, 0.05) is 30.2 Å². The summed E-state index contributed by atoms with van der Waals surface area (Å²) in [5.41, 5.74) is 0.132. The van der Waals surface area contributed by atoms with Crippen LogP contribution in [0.25, 0.3) is 0 Å². The van der Waals surface area contributed by atoms with Gasteiger partial charge >= 0.3 is 0 Å². The summed E-state index contributed by atoms with van der Waals surface area (Å²) >= 11 is 7.71. The van der Waals surface area contributed by atoms with Crippen LogP contribution in [0.15, 0.2) is 35.7 Å². The third-order valence-corrected chi connectivity index (χ3v) is 5.23. The third kappa shape index (κ3) is 4.36. The predicted octanol–water partition coefficient (Wildman–Crippen LogP) is 4.13. The Balaban J connectivity index is 1.83. The molecule has 1 saturated heterocycles. The van der Waals surface area contributed by atoms with Crippen molar-refractivity contribution in [1.82, 2.24) is 4.90 Å². The van der Waals surface area contributed by atoms with Crippen LogP contribution in [0.1, 0.15) is 28.1 Å². The Kier molecular flexibility index (Phi) is 5.67. The van der Waals surface area contributed by atoms with Gasteiger partial charge in [-0.15, -0.1) is 11.3 Å². The first-order chi connectivity index (χ1) is 12.0. The Morgan fingerprint density at radius 3 is 2.88 bits per heavy atom. The van der Waals surface area contributed by atoms with Crippen LogP contribution < -0.4 is 0 Å². The molecule has 1 fully saturated rings. The van der Waals surface area contributed by atoms with Crippen molar-refractivity contribution in [3.8, 4) is 0 Å². The summed E-state index contributed by atoms with van der Waals surface area (Å²) in [5, 5.41) is 12.9. The monoisotopic (exact) mass is 380 g/mol. The minimum atomic E-state index is -0.532. The molecule has 0 N–H and O–H groups in total. The first-order valence-corrected chi connectivity index (χ1v) is 9.17. The maximum Gasteiger partial charge on any atom is 0.270 e. The predicted molar refractivity (Wildman–Crippen MR) is 96.1 cm³/mol. The lowest BCUT2D eigenvalue weighted by Crippen LogP contribution is -2.36. The van der Waals surface area contributed by atoms with Gasteiger partial charge in [0.15, 0.2) is 0 Å². The van der Waals surface area contributed by atoms with E-state index < -0.39 is 4.92 Å². The molecule has 1 aromatic carbocycles. The number of halogens is 1. The number of hydrogen-bond acceptors (Lipinski definition) is 5. The van der Waals surface area contributed by atoms with Crippen molar-refractivity contribution < 1.29 is 14.5 Å². The number of nitrogens with zero attached hydrogens (tertiary/aromatic N) is 2. The zero-order chi connectivity index (χ0) is 17.8. The molecule has 1 amide bonds. The van der Waals surface area contributed by atoms with Crippen molar-refractivity contribution in [2.75, 3.05) is 13.2 Å². The summed E-state index contributed by atoms with van der Waals surface area (Å²) in [4.78, 5) is 26.1. The normalized spacial score (nSPS) is 16.8. The Morgan fingerprint density at radius 2 is 2.28 bits per heavy atom. The van der Waals surface area contributed by atoms with Crippen molar-refractivity contribution >= 4 is 34.5 Å². The van der Waals surface area contributed by atoms with Crippen LogP contribution in [0, 0.1) is 10.1 Å². The fourth-order valence-electron chi connectivity index (χ4n) is 2.81. The van der Waals surface area contributed by atoms with Gasteiger partial charge in [0.25, 0.3) is 11.6 Å². The molecule has 0 bridgehead atoms. The van der Waals surface area contributed by atoms with Crippen molar-refractivity contribution in [3.63, 3.8) is 0 Å². The highest BCUT2D eigenvalue weighted by Crippen LogP contribution is 2.26. The molecule has 6 nitrogen and oxygen atoms in total. The summed E-state index contributed by atoms with van der Waals surface area (Å²) in [5.74, 6) is -0.246. The van der Waals surface area contributed by atoms with Crippen LogP contribution >= 0.6 is 22.9 Å². The van der Waals surface area contributed by atoms with Crippen LogP contribution in [0.2, 0.25) is 5.02 Å². The van der Waals surface area contributed by atoms with Gasteiger partial charge < -0.3 is 9.64 Å². The van der Waals surface area contributed by atoms with Crippen molar-refractivity contribution in [2.45, 2.75) is 25.5 Å². The molecule has 3 rings (SSSR count). The molecule has 0 radical (unpaired) electrons. The number of nitro groups is 1. The third-order valence-electron chi connectivity index (χ3n) is 4.06. The summed E-state index contributed by atoms with van der Waals surface area (Å²) in [6.45, 7) is 1.65. The largest absolute Gasteiger partial charge is 0.376 e. The Hall–Kier alpha value is -1.96. The van der Waals surface area contributed by atoms with Crippen molar-refractivity contribution in [1.29, 1.82) is 0 Å². The summed E-state index contributed by atoms with van der Waals surface area (Å²) < 4.78 is 5.66. The van der Waals surface area contributed by atoms with E-state index in [1.807, 2.05) is 17.5 Å². The fourth-order valence-corrected chi connectivity index (χ4v) is 3.78. The highest BCUT2D eigenvalue weighted by atomic mass is 35.5. The summed E-state index contributed by atoms with van der Waals surface area (Å²) in [7, 11) is 0. The number of hydrogen-bond donors (Lipinski definition) is 0. The van der Waals surface area contributed by atoms with Gasteiger partial charge in [-0.3, -0.25) is 14.9 Å². The van der Waals surface area contributed by atoms with Gasteiger partial charge in [-0.05, 0) is 30.4 Å². The smallest absolute Gasteiger partial charge is 0.270 e. The zero-order valence-corrected chi connectivity index (χ0v) is 15.0. The van der Waals surface area contributed by atoms with Gasteiger partial charge in [0.05, 0.1) is 28.2 Å². The second kappa shape index (κ2) is 7.95. The van der Waals surface area contributed by atoms with Gasteiger partial charge in [-0.1, -0.05) is 17.7 Å². The molecule has 132 valence electrons. The number of carbonyl (C=O) groups is 1. The van der Waals surface area contributed by atoms with Crippen LogP contribution in [0.4, 0.5) is 5.69 Å². The topological polar surface area (TPSA) is 72.7 Å². The number of carbonyl (C=O) groups excluding carboxylic acids is 1. The van der Waals surface area contributed by atoms with Gasteiger partial charge in [0.1, 0.15) is 0 Å². The molecular weight excluding hydrogens is 364 g/mol. The molecule has 0 unspecified atom stereocenters. The first-order valence-electron chi connectivity index (χ1n) is 7.92. The Labute approximate surface area is 154 Å². The minimum absolute atomic E-state index is 0.0146. The number of non-ortho nitro benzene ring substituents is 1. The number of nitro benzene ring substituents is 1. The lowest BCUT2D eigenvalue weighted by molar-refractivity contribution is -0.384. The van der Waals surface area contributed by atoms with E-state index in [2.05, 4.69) is 0 Å². The average Bonchev–Trinajstić information content (AvgIpc) is 3.27. The van der Waals surface area contributed by atoms with Crippen molar-refractivity contribution in [2.24, 2.45) is 0 Å². The number of ether oxygens (including phenoxy) is 1. The molecule has 1 aliphatic heterocycles. The minimum Gasteiger partial charge on any atom is -0.376 e. The number of benzene rings is 1. The molecule has 0 saturated carbocycles. The van der Waals surface area contributed by atoms with E-state index in [4.69, 9.17) is 16.3 Å². The maximum atomic E-state index is 13.0. The summed E-state index contributed by atoms with van der Waals surface area (Å²) in [6.07, 6.45) is 1.92. The van der Waals surface area contributed by atoms with E-state index in [0.717, 1.165) is 17.7 Å². The maximum absolute atomic E-state index is 13.0. The van der Waals surface area contributed by atoms with E-state index in [9.17, 15) is 14.9 Å². The molecule has 1 atom stereocenters. The molecular formula is C17H17ClN2O4S. The number of thiophene rings is 1. The molecule has 0 spiro atoms. The Bertz CT molecular complexity index is 760. The number of rotatable bonds is 6. The lowest BCUT2D eigenvalue weighted by Gasteiger charge is -2.25.